The van der Waals surface area contributed by atoms with Crippen molar-refractivity contribution in [2.24, 2.45) is 0 Å². The van der Waals surface area contributed by atoms with E-state index in [0.717, 1.165) is 12.1 Å². The van der Waals surface area contributed by atoms with E-state index in [0.29, 0.717) is 5.82 Å². The van der Waals surface area contributed by atoms with Crippen LogP contribution in [0.2, 0.25) is 0 Å². The molecule has 5 nitrogen and oxygen atoms in total. The van der Waals surface area contributed by atoms with Crippen LogP contribution in [0.3, 0.4) is 0 Å². The van der Waals surface area contributed by atoms with Gasteiger partial charge in [-0.05, 0) is 26.0 Å². The SMILES string of the molecule is CC(C)n1nccc1NC(=O)c1cc(F)c(N)c(F)c1. The summed E-state index contributed by atoms with van der Waals surface area (Å²) in [5, 5.41) is 6.59. The lowest BCUT2D eigenvalue weighted by Crippen LogP contribution is -2.17. The molecule has 0 saturated heterocycles. The summed E-state index contributed by atoms with van der Waals surface area (Å²) in [7, 11) is 0. The maximum atomic E-state index is 13.3. The first-order chi connectivity index (χ1) is 9.40. The van der Waals surface area contributed by atoms with Gasteiger partial charge < -0.3 is 11.1 Å². The van der Waals surface area contributed by atoms with Crippen molar-refractivity contribution in [1.29, 1.82) is 0 Å². The molecule has 0 aliphatic rings. The molecule has 1 amide bonds. The Labute approximate surface area is 114 Å². The van der Waals surface area contributed by atoms with E-state index in [1.165, 1.54) is 6.20 Å². The second kappa shape index (κ2) is 5.28. The molecule has 1 aromatic carbocycles. The van der Waals surface area contributed by atoms with Gasteiger partial charge in [-0.1, -0.05) is 0 Å². The molecule has 0 saturated carbocycles. The van der Waals surface area contributed by atoms with Gasteiger partial charge in [0.05, 0.1) is 6.20 Å². The fourth-order valence-corrected chi connectivity index (χ4v) is 1.73. The van der Waals surface area contributed by atoms with Crippen LogP contribution in [0.25, 0.3) is 0 Å². The van der Waals surface area contributed by atoms with Crippen molar-refractivity contribution >= 4 is 17.4 Å². The molecular weight excluding hydrogens is 266 g/mol. The molecule has 1 aromatic heterocycles. The predicted molar refractivity (Wildman–Crippen MR) is 71.3 cm³/mol. The molecule has 2 rings (SSSR count). The lowest BCUT2D eigenvalue weighted by molar-refractivity contribution is 0.102. The van der Waals surface area contributed by atoms with Crippen molar-refractivity contribution < 1.29 is 13.6 Å². The average molecular weight is 280 g/mol. The van der Waals surface area contributed by atoms with Crippen molar-refractivity contribution in [2.75, 3.05) is 11.1 Å². The Hall–Kier alpha value is -2.44. The average Bonchev–Trinajstić information content (AvgIpc) is 2.83. The number of hydrogen-bond acceptors (Lipinski definition) is 3. The third-order valence-electron chi connectivity index (χ3n) is 2.74. The fraction of sp³-hybridized carbons (Fsp3) is 0.231. The van der Waals surface area contributed by atoms with Crippen LogP contribution in [0, 0.1) is 11.6 Å². The largest absolute Gasteiger partial charge is 0.394 e. The number of nitrogen functional groups attached to an aromatic ring is 1. The minimum absolute atomic E-state index is 0.0418. The number of benzene rings is 1. The van der Waals surface area contributed by atoms with E-state index in [2.05, 4.69) is 10.4 Å². The number of anilines is 2. The number of rotatable bonds is 3. The van der Waals surface area contributed by atoms with Gasteiger partial charge in [0.2, 0.25) is 0 Å². The number of nitrogens with two attached hydrogens (primary N) is 1. The first-order valence-corrected chi connectivity index (χ1v) is 5.99. The highest BCUT2D eigenvalue weighted by Crippen LogP contribution is 2.19. The zero-order valence-corrected chi connectivity index (χ0v) is 11.0. The van der Waals surface area contributed by atoms with Gasteiger partial charge in [0, 0.05) is 17.7 Å². The van der Waals surface area contributed by atoms with Gasteiger partial charge in [-0.15, -0.1) is 0 Å². The Morgan fingerprint density at radius 2 is 1.95 bits per heavy atom. The Morgan fingerprint density at radius 3 is 2.50 bits per heavy atom. The second-order valence-corrected chi connectivity index (χ2v) is 4.56. The summed E-state index contributed by atoms with van der Waals surface area (Å²) in [6.07, 6.45) is 1.53. The Bertz CT molecular complexity index is 629. The third-order valence-corrected chi connectivity index (χ3v) is 2.74. The monoisotopic (exact) mass is 280 g/mol. The van der Waals surface area contributed by atoms with Crippen molar-refractivity contribution in [3.63, 3.8) is 0 Å². The normalized spacial score (nSPS) is 10.8. The maximum absolute atomic E-state index is 13.3. The van der Waals surface area contributed by atoms with Crippen molar-refractivity contribution in [1.82, 2.24) is 9.78 Å². The van der Waals surface area contributed by atoms with Crippen LogP contribution in [0.5, 0.6) is 0 Å². The van der Waals surface area contributed by atoms with E-state index in [9.17, 15) is 13.6 Å². The van der Waals surface area contributed by atoms with E-state index in [4.69, 9.17) is 5.73 Å². The van der Waals surface area contributed by atoms with Crippen LogP contribution < -0.4 is 11.1 Å². The summed E-state index contributed by atoms with van der Waals surface area (Å²) in [6.45, 7) is 3.79. The highest BCUT2D eigenvalue weighted by atomic mass is 19.1. The highest BCUT2D eigenvalue weighted by molar-refractivity contribution is 6.04. The minimum atomic E-state index is -0.965. The molecule has 7 heteroatoms. The van der Waals surface area contributed by atoms with Gasteiger partial charge in [-0.2, -0.15) is 5.10 Å². The lowest BCUT2D eigenvalue weighted by atomic mass is 10.1. The van der Waals surface area contributed by atoms with E-state index in [-0.39, 0.29) is 11.6 Å². The quantitative estimate of drug-likeness (QED) is 0.849. The molecule has 0 spiro atoms. The lowest BCUT2D eigenvalue weighted by Gasteiger charge is -2.12. The molecule has 0 atom stereocenters. The Balaban J connectivity index is 2.26. The molecule has 20 heavy (non-hydrogen) atoms. The summed E-state index contributed by atoms with van der Waals surface area (Å²) in [5.74, 6) is -2.12. The van der Waals surface area contributed by atoms with Gasteiger partial charge >= 0.3 is 0 Å². The zero-order chi connectivity index (χ0) is 14.9. The van der Waals surface area contributed by atoms with Gasteiger partial charge in [0.25, 0.3) is 5.91 Å². The number of halogens is 2. The first-order valence-electron chi connectivity index (χ1n) is 5.99. The third kappa shape index (κ3) is 2.61. The van der Waals surface area contributed by atoms with Gasteiger partial charge in [0.15, 0.2) is 0 Å². The molecule has 0 aliphatic heterocycles. The highest BCUT2D eigenvalue weighted by Gasteiger charge is 2.15. The number of nitrogens with zero attached hydrogens (tertiary/aromatic N) is 2. The maximum Gasteiger partial charge on any atom is 0.257 e. The number of nitrogens with one attached hydrogen (secondary N) is 1. The molecular formula is C13H14F2N4O. The van der Waals surface area contributed by atoms with E-state index < -0.39 is 23.2 Å². The number of carbonyl (C=O) groups excluding carboxylic acids is 1. The molecule has 0 bridgehead atoms. The van der Waals surface area contributed by atoms with Crippen molar-refractivity contribution in [2.45, 2.75) is 19.9 Å². The van der Waals surface area contributed by atoms with Gasteiger partial charge in [-0.25, -0.2) is 13.5 Å². The number of carbonyl (C=O) groups is 1. The van der Waals surface area contributed by atoms with Crippen LogP contribution in [-0.4, -0.2) is 15.7 Å². The summed E-state index contributed by atoms with van der Waals surface area (Å²) in [6, 6.07) is 3.43. The van der Waals surface area contributed by atoms with E-state index in [1.54, 1.807) is 10.7 Å². The Morgan fingerprint density at radius 1 is 1.35 bits per heavy atom. The first kappa shape index (κ1) is 14.0. The van der Waals surface area contributed by atoms with Crippen LogP contribution in [-0.2, 0) is 0 Å². The minimum Gasteiger partial charge on any atom is -0.394 e. The predicted octanol–water partition coefficient (Wildman–Crippen LogP) is 2.58. The van der Waals surface area contributed by atoms with Gasteiger partial charge in [-0.3, -0.25) is 4.79 Å². The Kier molecular flexibility index (Phi) is 3.69. The molecule has 0 fully saturated rings. The summed E-state index contributed by atoms with van der Waals surface area (Å²) in [5.41, 5.74) is 4.40. The van der Waals surface area contributed by atoms with Gasteiger partial charge in [0.1, 0.15) is 23.1 Å². The smallest absolute Gasteiger partial charge is 0.257 e. The standard InChI is InChI=1S/C13H14F2N4O/c1-7(2)19-11(3-4-17-19)18-13(20)8-5-9(14)12(16)10(15)6-8/h3-7H,16H2,1-2H3,(H,18,20). The molecule has 106 valence electrons. The molecule has 1 heterocycles. The summed E-state index contributed by atoms with van der Waals surface area (Å²) in [4.78, 5) is 12.0. The summed E-state index contributed by atoms with van der Waals surface area (Å²) >= 11 is 0. The zero-order valence-electron chi connectivity index (χ0n) is 11.0. The second-order valence-electron chi connectivity index (χ2n) is 4.56. The van der Waals surface area contributed by atoms with Crippen molar-refractivity contribution in [3.8, 4) is 0 Å². The van der Waals surface area contributed by atoms with E-state index >= 15 is 0 Å². The number of hydrogen-bond donors (Lipinski definition) is 2. The van der Waals surface area contributed by atoms with Crippen LogP contribution in [0.4, 0.5) is 20.3 Å². The molecule has 0 unspecified atom stereocenters. The van der Waals surface area contributed by atoms with Crippen LogP contribution in [0.15, 0.2) is 24.4 Å². The molecule has 0 radical (unpaired) electrons. The van der Waals surface area contributed by atoms with Crippen molar-refractivity contribution in [3.05, 3.63) is 41.6 Å². The topological polar surface area (TPSA) is 72.9 Å². The summed E-state index contributed by atoms with van der Waals surface area (Å²) < 4.78 is 28.2. The van der Waals surface area contributed by atoms with Crippen LogP contribution in [0.1, 0.15) is 30.2 Å². The van der Waals surface area contributed by atoms with Crippen LogP contribution >= 0.6 is 0 Å². The fourth-order valence-electron chi connectivity index (χ4n) is 1.73. The number of amides is 1. The molecule has 2 aromatic rings. The molecule has 3 N–H and O–H groups in total. The van der Waals surface area contributed by atoms with E-state index in [1.807, 2.05) is 13.8 Å². The molecule has 0 aliphatic carbocycles. The number of aromatic nitrogens is 2.